The minimum absolute atomic E-state index is 0.0859. The topological polar surface area (TPSA) is 75.6 Å². The average Bonchev–Trinajstić information content (AvgIpc) is 2.22. The molecule has 0 aromatic heterocycles. The van der Waals surface area contributed by atoms with Crippen molar-refractivity contribution in [1.82, 2.24) is 5.32 Å². The quantitative estimate of drug-likeness (QED) is 0.627. The van der Waals surface area contributed by atoms with Gasteiger partial charge in [0.05, 0.1) is 5.41 Å². The summed E-state index contributed by atoms with van der Waals surface area (Å²) in [6.45, 7) is 3.40. The summed E-state index contributed by atoms with van der Waals surface area (Å²) in [5, 5.41) is 11.8. The van der Waals surface area contributed by atoms with E-state index in [1.54, 1.807) is 0 Å². The predicted molar refractivity (Wildman–Crippen MR) is 62.7 cm³/mol. The maximum atomic E-state index is 11.5. The Morgan fingerprint density at radius 3 is 2.59 bits per heavy atom. The van der Waals surface area contributed by atoms with Gasteiger partial charge in [0, 0.05) is 26.2 Å². The SMILES string of the molecule is CCOCCCC(=O)NCC1(C(=O)O)CCC1. The Kier molecular flexibility index (Phi) is 5.41. The second-order valence-corrected chi connectivity index (χ2v) is 4.52. The van der Waals surface area contributed by atoms with Crippen molar-refractivity contribution in [2.45, 2.75) is 39.0 Å². The van der Waals surface area contributed by atoms with Crippen LogP contribution < -0.4 is 5.32 Å². The maximum absolute atomic E-state index is 11.5. The molecule has 17 heavy (non-hydrogen) atoms. The number of amides is 1. The summed E-state index contributed by atoms with van der Waals surface area (Å²) in [4.78, 5) is 22.5. The van der Waals surface area contributed by atoms with E-state index in [4.69, 9.17) is 9.84 Å². The third-order valence-electron chi connectivity index (χ3n) is 3.28. The largest absolute Gasteiger partial charge is 0.481 e. The Hall–Kier alpha value is -1.10. The average molecular weight is 243 g/mol. The van der Waals surface area contributed by atoms with E-state index in [0.29, 0.717) is 38.9 Å². The van der Waals surface area contributed by atoms with Crippen molar-refractivity contribution in [1.29, 1.82) is 0 Å². The Morgan fingerprint density at radius 1 is 1.41 bits per heavy atom. The van der Waals surface area contributed by atoms with E-state index < -0.39 is 11.4 Å². The standard InChI is InChI=1S/C12H21NO4/c1-2-17-8-3-5-10(14)13-9-12(11(15)16)6-4-7-12/h2-9H2,1H3,(H,13,14)(H,15,16). The Morgan fingerprint density at radius 2 is 2.12 bits per heavy atom. The third kappa shape index (κ3) is 4.00. The molecule has 0 bridgehead atoms. The van der Waals surface area contributed by atoms with Crippen molar-refractivity contribution in [3.8, 4) is 0 Å². The van der Waals surface area contributed by atoms with Gasteiger partial charge in [0.2, 0.25) is 5.91 Å². The van der Waals surface area contributed by atoms with Gasteiger partial charge in [-0.05, 0) is 26.2 Å². The highest BCUT2D eigenvalue weighted by atomic mass is 16.5. The first kappa shape index (κ1) is 14.0. The molecule has 1 saturated carbocycles. The number of carbonyl (C=O) groups excluding carboxylic acids is 1. The summed E-state index contributed by atoms with van der Waals surface area (Å²) < 4.78 is 5.13. The van der Waals surface area contributed by atoms with Crippen LogP contribution >= 0.6 is 0 Å². The van der Waals surface area contributed by atoms with Crippen molar-refractivity contribution >= 4 is 11.9 Å². The van der Waals surface area contributed by atoms with Crippen molar-refractivity contribution in [3.05, 3.63) is 0 Å². The molecule has 0 unspecified atom stereocenters. The molecule has 1 fully saturated rings. The zero-order valence-electron chi connectivity index (χ0n) is 10.3. The molecule has 98 valence electrons. The molecule has 0 aromatic carbocycles. The second kappa shape index (κ2) is 6.59. The summed E-state index contributed by atoms with van der Waals surface area (Å²) >= 11 is 0. The van der Waals surface area contributed by atoms with E-state index >= 15 is 0 Å². The van der Waals surface area contributed by atoms with Gasteiger partial charge in [0.15, 0.2) is 0 Å². The minimum Gasteiger partial charge on any atom is -0.481 e. The molecule has 0 aliphatic heterocycles. The van der Waals surface area contributed by atoms with Crippen molar-refractivity contribution in [2.24, 2.45) is 5.41 Å². The number of carboxylic acids is 1. The molecule has 0 heterocycles. The fourth-order valence-electron chi connectivity index (χ4n) is 1.91. The van der Waals surface area contributed by atoms with E-state index in [1.807, 2.05) is 6.92 Å². The Balaban J connectivity index is 2.16. The van der Waals surface area contributed by atoms with Crippen LogP contribution in [0.25, 0.3) is 0 Å². The zero-order chi connectivity index (χ0) is 12.7. The van der Waals surface area contributed by atoms with Gasteiger partial charge in [-0.2, -0.15) is 0 Å². The molecular formula is C12H21NO4. The lowest BCUT2D eigenvalue weighted by Crippen LogP contribution is -2.47. The maximum Gasteiger partial charge on any atom is 0.311 e. The highest BCUT2D eigenvalue weighted by molar-refractivity contribution is 5.79. The fourth-order valence-corrected chi connectivity index (χ4v) is 1.91. The van der Waals surface area contributed by atoms with E-state index in [0.717, 1.165) is 6.42 Å². The van der Waals surface area contributed by atoms with Crippen molar-refractivity contribution in [3.63, 3.8) is 0 Å². The van der Waals surface area contributed by atoms with Gasteiger partial charge in [0.1, 0.15) is 0 Å². The lowest BCUT2D eigenvalue weighted by molar-refractivity contribution is -0.154. The molecule has 0 spiro atoms. The first-order valence-electron chi connectivity index (χ1n) is 6.18. The number of aliphatic carboxylic acids is 1. The van der Waals surface area contributed by atoms with Crippen LogP contribution in [0, 0.1) is 5.41 Å². The number of carboxylic acid groups (broad SMARTS) is 1. The van der Waals surface area contributed by atoms with Gasteiger partial charge in [-0.1, -0.05) is 6.42 Å². The van der Waals surface area contributed by atoms with E-state index in [2.05, 4.69) is 5.32 Å². The summed E-state index contributed by atoms with van der Waals surface area (Å²) in [5.41, 5.74) is -0.699. The lowest BCUT2D eigenvalue weighted by atomic mass is 9.69. The molecule has 5 nitrogen and oxygen atoms in total. The van der Waals surface area contributed by atoms with E-state index in [-0.39, 0.29) is 12.5 Å². The van der Waals surface area contributed by atoms with Crippen LogP contribution in [0.3, 0.4) is 0 Å². The predicted octanol–water partition coefficient (Wildman–Crippen LogP) is 1.17. The fraction of sp³-hybridized carbons (Fsp3) is 0.833. The zero-order valence-corrected chi connectivity index (χ0v) is 10.3. The molecule has 1 rings (SSSR count). The molecule has 1 aliphatic rings. The number of hydrogen-bond acceptors (Lipinski definition) is 3. The summed E-state index contributed by atoms with van der Waals surface area (Å²) in [6, 6.07) is 0. The molecule has 1 aliphatic carbocycles. The monoisotopic (exact) mass is 243 g/mol. The molecule has 2 N–H and O–H groups in total. The first-order valence-corrected chi connectivity index (χ1v) is 6.18. The smallest absolute Gasteiger partial charge is 0.311 e. The van der Waals surface area contributed by atoms with Gasteiger partial charge >= 0.3 is 5.97 Å². The molecule has 0 aromatic rings. The Labute approximate surface area is 102 Å². The number of nitrogens with one attached hydrogen (secondary N) is 1. The second-order valence-electron chi connectivity index (χ2n) is 4.52. The Bertz CT molecular complexity index is 274. The first-order chi connectivity index (χ1) is 8.10. The normalized spacial score (nSPS) is 17.2. The van der Waals surface area contributed by atoms with Crippen molar-refractivity contribution in [2.75, 3.05) is 19.8 Å². The van der Waals surface area contributed by atoms with Crippen LogP contribution in [0.4, 0.5) is 0 Å². The van der Waals surface area contributed by atoms with E-state index in [1.165, 1.54) is 0 Å². The highest BCUT2D eigenvalue weighted by Gasteiger charge is 2.44. The number of hydrogen-bond donors (Lipinski definition) is 2. The molecule has 0 atom stereocenters. The van der Waals surface area contributed by atoms with Crippen LogP contribution in [-0.4, -0.2) is 36.7 Å². The summed E-state index contributed by atoms with van der Waals surface area (Å²) in [5.74, 6) is -0.879. The van der Waals surface area contributed by atoms with Crippen LogP contribution in [0.1, 0.15) is 39.0 Å². The third-order valence-corrected chi connectivity index (χ3v) is 3.28. The lowest BCUT2D eigenvalue weighted by Gasteiger charge is -2.37. The number of carbonyl (C=O) groups is 2. The van der Waals surface area contributed by atoms with Crippen LogP contribution in [-0.2, 0) is 14.3 Å². The number of ether oxygens (including phenoxy) is 1. The van der Waals surface area contributed by atoms with Crippen LogP contribution in [0.2, 0.25) is 0 Å². The van der Waals surface area contributed by atoms with Gasteiger partial charge in [0.25, 0.3) is 0 Å². The van der Waals surface area contributed by atoms with Gasteiger partial charge in [-0.15, -0.1) is 0 Å². The minimum atomic E-state index is -0.793. The van der Waals surface area contributed by atoms with Crippen molar-refractivity contribution < 1.29 is 19.4 Å². The van der Waals surface area contributed by atoms with Gasteiger partial charge < -0.3 is 15.2 Å². The summed E-state index contributed by atoms with van der Waals surface area (Å²) in [6.07, 6.45) is 3.35. The molecule has 5 heteroatoms. The summed E-state index contributed by atoms with van der Waals surface area (Å²) in [7, 11) is 0. The molecular weight excluding hydrogens is 222 g/mol. The van der Waals surface area contributed by atoms with Crippen LogP contribution in [0.15, 0.2) is 0 Å². The molecule has 1 amide bonds. The molecule has 0 saturated heterocycles. The number of rotatable bonds is 8. The molecule has 0 radical (unpaired) electrons. The highest BCUT2D eigenvalue weighted by Crippen LogP contribution is 2.40. The van der Waals surface area contributed by atoms with Gasteiger partial charge in [-0.25, -0.2) is 0 Å². The van der Waals surface area contributed by atoms with Gasteiger partial charge in [-0.3, -0.25) is 9.59 Å². The van der Waals surface area contributed by atoms with E-state index in [9.17, 15) is 9.59 Å². The van der Waals surface area contributed by atoms with Crippen LogP contribution in [0.5, 0.6) is 0 Å².